The maximum atomic E-state index is 9.40. The minimum Gasteiger partial charge on any atom is -0.392 e. The molecule has 0 spiro atoms. The molecule has 0 aromatic heterocycles. The van der Waals surface area contributed by atoms with E-state index < -0.39 is 0 Å². The smallest absolute Gasteiger partial charge is 0.0667 e. The summed E-state index contributed by atoms with van der Waals surface area (Å²) in [6, 6.07) is 0. The molecular formula is C10H21NO. The average Bonchev–Trinajstić information content (AvgIpc) is 2.01. The first-order valence-corrected chi connectivity index (χ1v) is 5.09. The zero-order chi connectivity index (χ0) is 8.97. The minimum atomic E-state index is -0.0640. The molecule has 2 heteroatoms. The van der Waals surface area contributed by atoms with Crippen molar-refractivity contribution in [3.63, 3.8) is 0 Å². The van der Waals surface area contributed by atoms with Crippen LogP contribution in [0.15, 0.2) is 0 Å². The van der Waals surface area contributed by atoms with Gasteiger partial charge < -0.3 is 10.0 Å². The van der Waals surface area contributed by atoms with Crippen molar-refractivity contribution < 1.29 is 5.11 Å². The van der Waals surface area contributed by atoms with Gasteiger partial charge in [0, 0.05) is 6.54 Å². The Balaban J connectivity index is 2.14. The summed E-state index contributed by atoms with van der Waals surface area (Å²) in [5.74, 6) is 0.782. The van der Waals surface area contributed by atoms with Gasteiger partial charge in [-0.15, -0.1) is 0 Å². The van der Waals surface area contributed by atoms with Crippen molar-refractivity contribution in [2.24, 2.45) is 5.92 Å². The van der Waals surface area contributed by atoms with Gasteiger partial charge in [-0.25, -0.2) is 0 Å². The Kier molecular flexibility index (Phi) is 4.02. The van der Waals surface area contributed by atoms with Crippen molar-refractivity contribution in [2.45, 2.75) is 39.2 Å². The molecule has 0 aromatic rings. The van der Waals surface area contributed by atoms with Crippen molar-refractivity contribution in [3.05, 3.63) is 0 Å². The quantitative estimate of drug-likeness (QED) is 0.695. The molecule has 0 aliphatic carbocycles. The zero-order valence-corrected chi connectivity index (χ0v) is 8.29. The lowest BCUT2D eigenvalue weighted by Crippen LogP contribution is -2.39. The van der Waals surface area contributed by atoms with Crippen LogP contribution in [-0.2, 0) is 0 Å². The van der Waals surface area contributed by atoms with E-state index in [2.05, 4.69) is 18.7 Å². The van der Waals surface area contributed by atoms with E-state index in [0.717, 1.165) is 25.4 Å². The highest BCUT2D eigenvalue weighted by Gasteiger charge is 2.16. The summed E-state index contributed by atoms with van der Waals surface area (Å²) in [5.41, 5.74) is 0. The lowest BCUT2D eigenvalue weighted by atomic mass is 10.1. The van der Waals surface area contributed by atoms with Gasteiger partial charge >= 0.3 is 0 Å². The highest BCUT2D eigenvalue weighted by Crippen LogP contribution is 2.11. The van der Waals surface area contributed by atoms with Crippen LogP contribution in [0, 0.1) is 5.92 Å². The molecular weight excluding hydrogens is 150 g/mol. The van der Waals surface area contributed by atoms with Gasteiger partial charge in [0.15, 0.2) is 0 Å². The molecule has 1 rings (SSSR count). The molecule has 0 saturated carbocycles. The van der Waals surface area contributed by atoms with Crippen LogP contribution in [0.25, 0.3) is 0 Å². The number of aliphatic hydroxyl groups is 1. The number of piperidine rings is 1. The Morgan fingerprint density at radius 2 is 2.25 bits per heavy atom. The summed E-state index contributed by atoms with van der Waals surface area (Å²) in [4.78, 5) is 2.38. The minimum absolute atomic E-state index is 0.0640. The second-order valence-electron chi connectivity index (χ2n) is 4.28. The molecule has 0 unspecified atom stereocenters. The number of rotatable bonds is 3. The lowest BCUT2D eigenvalue weighted by molar-refractivity contribution is 0.0683. The van der Waals surface area contributed by atoms with E-state index >= 15 is 0 Å². The van der Waals surface area contributed by atoms with Crippen LogP contribution in [0.1, 0.15) is 33.1 Å². The largest absolute Gasteiger partial charge is 0.392 e. The second-order valence-corrected chi connectivity index (χ2v) is 4.28. The van der Waals surface area contributed by atoms with Crippen LogP contribution in [-0.4, -0.2) is 35.7 Å². The molecule has 1 atom stereocenters. The van der Waals surface area contributed by atoms with Crippen LogP contribution in [0.3, 0.4) is 0 Å². The fraction of sp³-hybridized carbons (Fsp3) is 1.00. The SMILES string of the molecule is CC(C)CCN1CCC[C@H](O)C1. The van der Waals surface area contributed by atoms with E-state index in [1.165, 1.54) is 19.4 Å². The van der Waals surface area contributed by atoms with Crippen LogP contribution in [0.5, 0.6) is 0 Å². The summed E-state index contributed by atoms with van der Waals surface area (Å²) in [7, 11) is 0. The molecule has 0 aromatic carbocycles. The van der Waals surface area contributed by atoms with Crippen molar-refractivity contribution in [2.75, 3.05) is 19.6 Å². The third-order valence-corrected chi connectivity index (χ3v) is 2.50. The molecule has 1 aliphatic rings. The first-order chi connectivity index (χ1) is 5.68. The van der Waals surface area contributed by atoms with Crippen LogP contribution >= 0.6 is 0 Å². The summed E-state index contributed by atoms with van der Waals surface area (Å²) in [6.45, 7) is 7.74. The van der Waals surface area contributed by atoms with E-state index in [1.54, 1.807) is 0 Å². The van der Waals surface area contributed by atoms with E-state index in [0.29, 0.717) is 0 Å². The molecule has 1 aliphatic heterocycles. The van der Waals surface area contributed by atoms with Crippen molar-refractivity contribution >= 4 is 0 Å². The predicted octanol–water partition coefficient (Wildman–Crippen LogP) is 1.49. The first-order valence-electron chi connectivity index (χ1n) is 5.09. The Bertz CT molecular complexity index is 125. The van der Waals surface area contributed by atoms with Gasteiger partial charge in [-0.3, -0.25) is 0 Å². The summed E-state index contributed by atoms with van der Waals surface area (Å²) < 4.78 is 0. The lowest BCUT2D eigenvalue weighted by Gasteiger charge is -2.30. The van der Waals surface area contributed by atoms with Gasteiger partial charge in [0.2, 0.25) is 0 Å². The maximum Gasteiger partial charge on any atom is 0.0667 e. The van der Waals surface area contributed by atoms with Gasteiger partial charge in [-0.05, 0) is 38.3 Å². The predicted molar refractivity (Wildman–Crippen MR) is 51.1 cm³/mol. The molecule has 1 saturated heterocycles. The van der Waals surface area contributed by atoms with Crippen molar-refractivity contribution in [1.29, 1.82) is 0 Å². The molecule has 0 bridgehead atoms. The highest BCUT2D eigenvalue weighted by atomic mass is 16.3. The van der Waals surface area contributed by atoms with Crippen LogP contribution in [0.4, 0.5) is 0 Å². The molecule has 1 N–H and O–H groups in total. The van der Waals surface area contributed by atoms with E-state index in [4.69, 9.17) is 0 Å². The fourth-order valence-corrected chi connectivity index (χ4v) is 1.68. The Hall–Kier alpha value is -0.0800. The molecule has 0 radical (unpaired) electrons. The molecule has 2 nitrogen and oxygen atoms in total. The van der Waals surface area contributed by atoms with Crippen molar-refractivity contribution in [1.82, 2.24) is 4.90 Å². The average molecular weight is 171 g/mol. The number of β-amino-alcohol motifs (C(OH)–C–C–N with tert-alkyl or cyclic N) is 1. The first kappa shape index (κ1) is 10.0. The third kappa shape index (κ3) is 3.55. The van der Waals surface area contributed by atoms with Gasteiger partial charge in [0.1, 0.15) is 0 Å². The van der Waals surface area contributed by atoms with E-state index in [-0.39, 0.29) is 6.10 Å². The number of likely N-dealkylation sites (tertiary alicyclic amines) is 1. The monoisotopic (exact) mass is 171 g/mol. The molecule has 1 heterocycles. The third-order valence-electron chi connectivity index (χ3n) is 2.50. The topological polar surface area (TPSA) is 23.5 Å². The highest BCUT2D eigenvalue weighted by molar-refractivity contribution is 4.71. The number of hydrogen-bond acceptors (Lipinski definition) is 2. The summed E-state index contributed by atoms with van der Waals surface area (Å²) in [6.07, 6.45) is 3.36. The van der Waals surface area contributed by atoms with Gasteiger partial charge in [0.25, 0.3) is 0 Å². The van der Waals surface area contributed by atoms with E-state index in [9.17, 15) is 5.11 Å². The van der Waals surface area contributed by atoms with Gasteiger partial charge in [0.05, 0.1) is 6.10 Å². The number of hydrogen-bond donors (Lipinski definition) is 1. The molecule has 1 fully saturated rings. The maximum absolute atomic E-state index is 9.40. The summed E-state index contributed by atoms with van der Waals surface area (Å²) in [5, 5.41) is 9.40. The number of aliphatic hydroxyl groups excluding tert-OH is 1. The molecule has 72 valence electrons. The Labute approximate surface area is 75.6 Å². The summed E-state index contributed by atoms with van der Waals surface area (Å²) >= 11 is 0. The Morgan fingerprint density at radius 1 is 1.50 bits per heavy atom. The van der Waals surface area contributed by atoms with Gasteiger partial charge in [-0.1, -0.05) is 13.8 Å². The molecule has 0 amide bonds. The standard InChI is InChI=1S/C10H21NO/c1-9(2)5-7-11-6-3-4-10(12)8-11/h9-10,12H,3-8H2,1-2H3/t10-/m0/s1. The molecule has 12 heavy (non-hydrogen) atoms. The number of nitrogens with zero attached hydrogens (tertiary/aromatic N) is 1. The van der Waals surface area contributed by atoms with Crippen LogP contribution < -0.4 is 0 Å². The Morgan fingerprint density at radius 3 is 2.83 bits per heavy atom. The van der Waals surface area contributed by atoms with Gasteiger partial charge in [-0.2, -0.15) is 0 Å². The normalized spacial score (nSPS) is 26.5. The van der Waals surface area contributed by atoms with Crippen LogP contribution in [0.2, 0.25) is 0 Å². The zero-order valence-electron chi connectivity index (χ0n) is 8.29. The van der Waals surface area contributed by atoms with Crippen molar-refractivity contribution in [3.8, 4) is 0 Å². The van der Waals surface area contributed by atoms with E-state index in [1.807, 2.05) is 0 Å². The fourth-order valence-electron chi connectivity index (χ4n) is 1.68. The second kappa shape index (κ2) is 4.83.